The van der Waals surface area contributed by atoms with Crippen LogP contribution in [-0.4, -0.2) is 92.1 Å². The number of carbonyl (C=O) groups is 2. The van der Waals surface area contributed by atoms with Crippen LogP contribution in [0.2, 0.25) is 0 Å². The van der Waals surface area contributed by atoms with Gasteiger partial charge in [-0.05, 0) is 82.1 Å². The second-order valence-corrected chi connectivity index (χ2v) is 25.5. The summed E-state index contributed by atoms with van der Waals surface area (Å²) >= 11 is 0. The molecule has 0 saturated carbocycles. The van der Waals surface area contributed by atoms with Crippen molar-refractivity contribution in [3.05, 3.63) is 0 Å². The molecule has 416 valence electrons. The lowest BCUT2D eigenvalue weighted by Gasteiger charge is -2.55. The Kier molecular flexibility index (Phi) is 33.4. The first-order chi connectivity index (χ1) is 32.8. The van der Waals surface area contributed by atoms with Gasteiger partial charge in [-0.15, -0.1) is 0 Å². The Bertz CT molecular complexity index is 1320. The molecule has 2 heterocycles. The van der Waals surface area contributed by atoms with E-state index in [1.807, 2.05) is 10.1 Å². The van der Waals surface area contributed by atoms with Crippen molar-refractivity contribution in [1.82, 2.24) is 10.1 Å². The van der Waals surface area contributed by atoms with Crippen molar-refractivity contribution in [2.75, 3.05) is 19.8 Å². The SMILES string of the molecule is CCCCCCCCCCCCCCCC(=O)OC1CC(C)(C)N(OCC(C)(C)O)C(C)(C)C1.CCCCCCCCCCCCCCCCCC(=O)OC1CCN(OCC(C)(C)O)C(C)(C)C1(C)C. The molecule has 10 nitrogen and oxygen atoms in total. The second-order valence-electron chi connectivity index (χ2n) is 25.5. The van der Waals surface area contributed by atoms with Crippen molar-refractivity contribution in [3.8, 4) is 0 Å². The molecule has 2 aliphatic rings. The van der Waals surface area contributed by atoms with Crippen LogP contribution in [-0.2, 0) is 28.7 Å². The molecule has 0 aliphatic carbocycles. The number of hydroxylamine groups is 4. The predicted octanol–water partition coefficient (Wildman–Crippen LogP) is 16.1. The third-order valence-electron chi connectivity index (χ3n) is 15.3. The smallest absolute Gasteiger partial charge is 0.306 e. The van der Waals surface area contributed by atoms with E-state index in [9.17, 15) is 19.8 Å². The minimum atomic E-state index is -0.886. The van der Waals surface area contributed by atoms with Crippen molar-refractivity contribution in [3.63, 3.8) is 0 Å². The average Bonchev–Trinajstić information content (AvgIpc) is 3.24. The van der Waals surface area contributed by atoms with Crippen LogP contribution in [0.4, 0.5) is 0 Å². The van der Waals surface area contributed by atoms with Crippen molar-refractivity contribution < 1.29 is 39.0 Å². The Balaban J connectivity index is 0.000000701. The van der Waals surface area contributed by atoms with Crippen LogP contribution < -0.4 is 0 Å². The van der Waals surface area contributed by atoms with Crippen LogP contribution >= 0.6 is 0 Å². The van der Waals surface area contributed by atoms with Crippen LogP contribution in [0.5, 0.6) is 0 Å². The molecule has 2 rings (SSSR count). The highest BCUT2D eigenvalue weighted by Gasteiger charge is 2.53. The number of hydrogen-bond donors (Lipinski definition) is 2. The first-order valence-corrected chi connectivity index (χ1v) is 29.5. The normalized spacial score (nSPS) is 19.4. The Hall–Kier alpha value is -1.30. The highest BCUT2D eigenvalue weighted by molar-refractivity contribution is 5.70. The first kappa shape index (κ1) is 66.7. The van der Waals surface area contributed by atoms with E-state index in [0.717, 1.165) is 44.9 Å². The van der Waals surface area contributed by atoms with E-state index in [1.165, 1.54) is 154 Å². The fourth-order valence-corrected chi connectivity index (χ4v) is 10.5. The van der Waals surface area contributed by atoms with Gasteiger partial charge in [0.25, 0.3) is 0 Å². The summed E-state index contributed by atoms with van der Waals surface area (Å²) in [5.41, 5.74) is -2.92. The summed E-state index contributed by atoms with van der Waals surface area (Å²) in [5.74, 6) is -0.130. The summed E-state index contributed by atoms with van der Waals surface area (Å²) in [5, 5.41) is 24.0. The van der Waals surface area contributed by atoms with Crippen molar-refractivity contribution in [2.45, 2.75) is 349 Å². The third kappa shape index (κ3) is 29.6. The minimum absolute atomic E-state index is 0.0643. The summed E-state index contributed by atoms with van der Waals surface area (Å²) in [6.45, 7) is 29.7. The maximum atomic E-state index is 12.6. The molecule has 0 bridgehead atoms. The molecule has 10 heteroatoms. The molecule has 0 aromatic carbocycles. The third-order valence-corrected chi connectivity index (χ3v) is 15.3. The van der Waals surface area contributed by atoms with Gasteiger partial charge in [-0.1, -0.05) is 195 Å². The van der Waals surface area contributed by atoms with E-state index < -0.39 is 11.2 Å². The maximum absolute atomic E-state index is 12.6. The van der Waals surface area contributed by atoms with E-state index in [1.54, 1.807) is 27.7 Å². The molecular formula is C60H118N2O8. The van der Waals surface area contributed by atoms with E-state index in [4.69, 9.17) is 19.1 Å². The predicted molar refractivity (Wildman–Crippen MR) is 293 cm³/mol. The van der Waals surface area contributed by atoms with Gasteiger partial charge in [0.2, 0.25) is 0 Å². The van der Waals surface area contributed by atoms with Crippen LogP contribution in [0.1, 0.15) is 309 Å². The molecule has 0 spiro atoms. The Labute approximate surface area is 433 Å². The molecule has 0 amide bonds. The van der Waals surface area contributed by atoms with Crippen molar-refractivity contribution in [1.29, 1.82) is 0 Å². The zero-order valence-corrected chi connectivity index (χ0v) is 48.8. The standard InChI is InChI=1S/C31H61NO4.C29H57NO4/c1-8-9-10-11-12-13-14-15-16-17-18-19-20-21-22-23-28(33)36-27-24-25-32(35-26-29(2,3)34)31(6,7)30(27,4)5;1-8-9-10-11-12-13-14-15-16-17-18-19-20-21-26(31)34-25-22-27(2,3)30(28(4,5)23-25)33-24-29(6,7)32/h27,34H,8-26H2,1-7H3;25,32H,8-24H2,1-7H3. The number of piperidine rings is 2. The zero-order chi connectivity index (χ0) is 52.7. The molecule has 2 aliphatic heterocycles. The largest absolute Gasteiger partial charge is 0.462 e. The monoisotopic (exact) mass is 995 g/mol. The first-order valence-electron chi connectivity index (χ1n) is 29.5. The second kappa shape index (κ2) is 35.0. The highest BCUT2D eigenvalue weighted by atomic mass is 16.7. The molecule has 0 aromatic rings. The summed E-state index contributed by atoms with van der Waals surface area (Å²) in [6, 6.07) is 0. The Morgan fingerprint density at radius 3 is 1.14 bits per heavy atom. The number of esters is 2. The van der Waals surface area contributed by atoms with Crippen LogP contribution in [0, 0.1) is 5.41 Å². The summed E-state index contributed by atoms with van der Waals surface area (Å²) in [6.07, 6.45) is 39.9. The van der Waals surface area contributed by atoms with E-state index in [2.05, 4.69) is 69.2 Å². The lowest BCUT2D eigenvalue weighted by atomic mass is 9.67. The van der Waals surface area contributed by atoms with Gasteiger partial charge < -0.3 is 19.7 Å². The highest BCUT2D eigenvalue weighted by Crippen LogP contribution is 2.45. The fraction of sp³-hybridized carbons (Fsp3) is 0.967. The molecule has 2 fully saturated rings. The molecule has 0 aromatic heterocycles. The molecule has 0 radical (unpaired) electrons. The van der Waals surface area contributed by atoms with Gasteiger partial charge in [-0.25, -0.2) is 0 Å². The molecule has 1 unspecified atom stereocenters. The molecule has 1 atom stereocenters. The van der Waals surface area contributed by atoms with Crippen LogP contribution in [0.25, 0.3) is 0 Å². The van der Waals surface area contributed by atoms with Gasteiger partial charge in [0.15, 0.2) is 0 Å². The van der Waals surface area contributed by atoms with Gasteiger partial charge in [0.1, 0.15) is 12.2 Å². The molecule has 2 saturated heterocycles. The zero-order valence-electron chi connectivity index (χ0n) is 48.8. The quantitative estimate of drug-likeness (QED) is 0.0457. The van der Waals surface area contributed by atoms with Crippen molar-refractivity contribution >= 4 is 11.9 Å². The number of aliphatic hydroxyl groups is 2. The number of nitrogens with zero attached hydrogens (tertiary/aromatic N) is 2. The number of rotatable bonds is 38. The molecule has 2 N–H and O–H groups in total. The average molecular weight is 996 g/mol. The van der Waals surface area contributed by atoms with Gasteiger partial charge in [0.05, 0.1) is 24.4 Å². The topological polar surface area (TPSA) is 118 Å². The van der Waals surface area contributed by atoms with Gasteiger partial charge in [-0.2, -0.15) is 10.1 Å². The Morgan fingerprint density at radius 1 is 0.486 bits per heavy atom. The van der Waals surface area contributed by atoms with Crippen LogP contribution in [0.3, 0.4) is 0 Å². The Morgan fingerprint density at radius 2 is 0.800 bits per heavy atom. The fourth-order valence-electron chi connectivity index (χ4n) is 10.5. The number of hydrogen-bond acceptors (Lipinski definition) is 10. The molecule has 70 heavy (non-hydrogen) atoms. The van der Waals surface area contributed by atoms with Gasteiger partial charge in [-0.3, -0.25) is 19.3 Å². The molecular weight excluding hydrogens is 877 g/mol. The number of ether oxygens (including phenoxy) is 2. The summed E-state index contributed by atoms with van der Waals surface area (Å²) in [7, 11) is 0. The summed E-state index contributed by atoms with van der Waals surface area (Å²) < 4.78 is 11.9. The van der Waals surface area contributed by atoms with Crippen molar-refractivity contribution in [2.24, 2.45) is 5.41 Å². The minimum Gasteiger partial charge on any atom is -0.462 e. The summed E-state index contributed by atoms with van der Waals surface area (Å²) in [4.78, 5) is 37.0. The van der Waals surface area contributed by atoms with E-state index in [-0.39, 0.29) is 59.4 Å². The lowest BCUT2D eigenvalue weighted by molar-refractivity contribution is -0.306. The van der Waals surface area contributed by atoms with Gasteiger partial charge in [0, 0.05) is 60.7 Å². The number of carbonyl (C=O) groups excluding carboxylic acids is 2. The number of unbranched alkanes of at least 4 members (excludes halogenated alkanes) is 26. The van der Waals surface area contributed by atoms with Crippen LogP contribution in [0.15, 0.2) is 0 Å². The van der Waals surface area contributed by atoms with E-state index >= 15 is 0 Å². The van der Waals surface area contributed by atoms with Gasteiger partial charge >= 0.3 is 11.9 Å². The maximum Gasteiger partial charge on any atom is 0.306 e. The lowest BCUT2D eigenvalue weighted by Crippen LogP contribution is -2.64. The van der Waals surface area contributed by atoms with E-state index in [0.29, 0.717) is 19.4 Å².